The van der Waals surface area contributed by atoms with Crippen LogP contribution in [0.1, 0.15) is 19.3 Å². The van der Waals surface area contributed by atoms with Crippen LogP contribution in [0.15, 0.2) is 11.6 Å². The third-order valence-corrected chi connectivity index (χ3v) is 2.81. The zero-order valence-corrected chi connectivity index (χ0v) is 11.4. The highest BCUT2D eigenvalue weighted by molar-refractivity contribution is 6.76. The van der Waals surface area contributed by atoms with E-state index in [4.69, 9.17) is 44.9 Å². The minimum absolute atomic E-state index is 0.390. The summed E-state index contributed by atoms with van der Waals surface area (Å²) in [6.07, 6.45) is 3.25. The van der Waals surface area contributed by atoms with Crippen LogP contribution in [0, 0.1) is 5.41 Å². The molecule has 0 saturated carbocycles. The normalized spacial score (nSPS) is 20.5. The van der Waals surface area contributed by atoms with Gasteiger partial charge in [-0.2, -0.15) is 0 Å². The monoisotopic (exact) mass is 299 g/mol. The summed E-state index contributed by atoms with van der Waals surface area (Å²) in [7, 11) is 1.32. The van der Waals surface area contributed by atoms with Gasteiger partial charge < -0.3 is 9.47 Å². The van der Waals surface area contributed by atoms with Gasteiger partial charge in [-0.25, -0.2) is 4.79 Å². The van der Waals surface area contributed by atoms with E-state index in [9.17, 15) is 4.79 Å². The lowest BCUT2D eigenvalue weighted by atomic mass is 9.97. The summed E-state index contributed by atoms with van der Waals surface area (Å²) in [4.78, 5) is 11.3. The average molecular weight is 301 g/mol. The molecular formula is C10H12Cl3NO3. The zero-order valence-electron chi connectivity index (χ0n) is 9.13. The summed E-state index contributed by atoms with van der Waals surface area (Å²) < 4.78 is 7.92. The lowest BCUT2D eigenvalue weighted by Crippen LogP contribution is -2.28. The molecular weight excluding hydrogens is 288 g/mol. The van der Waals surface area contributed by atoms with Crippen molar-refractivity contribution in [3.05, 3.63) is 11.6 Å². The fourth-order valence-electron chi connectivity index (χ4n) is 1.50. The molecule has 0 aromatic heterocycles. The van der Waals surface area contributed by atoms with Crippen molar-refractivity contribution in [3.8, 4) is 0 Å². The van der Waals surface area contributed by atoms with Crippen molar-refractivity contribution >= 4 is 46.7 Å². The maximum Gasteiger partial charge on any atom is 0.333 e. The van der Waals surface area contributed by atoms with E-state index in [1.54, 1.807) is 6.08 Å². The van der Waals surface area contributed by atoms with Gasteiger partial charge in [0.05, 0.1) is 7.11 Å². The Balaban J connectivity index is 2.67. The molecule has 1 atom stereocenters. The Bertz CT molecular complexity index is 349. The van der Waals surface area contributed by atoms with Gasteiger partial charge >= 0.3 is 5.97 Å². The van der Waals surface area contributed by atoms with Gasteiger partial charge in [-0.05, 0) is 25.3 Å². The van der Waals surface area contributed by atoms with Crippen LogP contribution in [0.3, 0.4) is 0 Å². The van der Waals surface area contributed by atoms with Crippen molar-refractivity contribution in [2.24, 2.45) is 0 Å². The standard InChI is InChI=1S/C10H12Cl3NO3/c1-16-8(15)6-3-2-4-7(5-6)17-9(14)10(11,12)13/h5,7,14H,2-4H2,1H3. The number of alkyl halides is 3. The van der Waals surface area contributed by atoms with Crippen LogP contribution in [0.4, 0.5) is 0 Å². The molecule has 7 heteroatoms. The number of nitrogens with one attached hydrogen (secondary N) is 1. The maximum absolute atomic E-state index is 11.3. The van der Waals surface area contributed by atoms with Gasteiger partial charge in [0.2, 0.25) is 5.90 Å². The molecule has 1 aliphatic rings. The van der Waals surface area contributed by atoms with E-state index in [0.29, 0.717) is 18.4 Å². The SMILES string of the molecule is COC(=O)C1=CC(OC(=N)C(Cl)(Cl)Cl)CCC1. The second kappa shape index (κ2) is 5.94. The number of ether oxygens (including phenoxy) is 2. The summed E-state index contributed by atoms with van der Waals surface area (Å²) in [5.41, 5.74) is 0.529. The first-order valence-electron chi connectivity index (χ1n) is 4.96. The molecule has 0 radical (unpaired) electrons. The summed E-state index contributed by atoms with van der Waals surface area (Å²) >= 11 is 16.5. The molecule has 0 heterocycles. The minimum Gasteiger partial charge on any atom is -0.470 e. The third kappa shape index (κ3) is 4.37. The molecule has 0 aromatic rings. The highest BCUT2D eigenvalue weighted by atomic mass is 35.6. The van der Waals surface area contributed by atoms with Crippen molar-refractivity contribution in [1.29, 1.82) is 5.41 Å². The van der Waals surface area contributed by atoms with Gasteiger partial charge in [0.25, 0.3) is 3.79 Å². The van der Waals surface area contributed by atoms with E-state index in [1.807, 2.05) is 0 Å². The number of hydrogen-bond acceptors (Lipinski definition) is 4. The Hall–Kier alpha value is -0.450. The molecule has 96 valence electrons. The zero-order chi connectivity index (χ0) is 13.1. The van der Waals surface area contributed by atoms with Crippen LogP contribution >= 0.6 is 34.8 Å². The van der Waals surface area contributed by atoms with Crippen molar-refractivity contribution in [3.63, 3.8) is 0 Å². The van der Waals surface area contributed by atoms with Gasteiger partial charge in [-0.15, -0.1) is 0 Å². The average Bonchev–Trinajstić information content (AvgIpc) is 2.27. The number of carbonyl (C=O) groups is 1. The van der Waals surface area contributed by atoms with E-state index in [1.165, 1.54) is 7.11 Å². The predicted octanol–water partition coefficient (Wildman–Crippen LogP) is 3.00. The molecule has 1 unspecified atom stereocenters. The number of esters is 1. The Morgan fingerprint density at radius 3 is 2.71 bits per heavy atom. The Morgan fingerprint density at radius 1 is 1.53 bits per heavy atom. The maximum atomic E-state index is 11.3. The molecule has 0 bridgehead atoms. The molecule has 0 aromatic carbocycles. The highest BCUT2D eigenvalue weighted by Crippen LogP contribution is 2.30. The summed E-state index contributed by atoms with van der Waals surface area (Å²) in [6.45, 7) is 0. The largest absolute Gasteiger partial charge is 0.470 e. The second-order valence-corrected chi connectivity index (χ2v) is 5.84. The number of carbonyl (C=O) groups excluding carboxylic acids is 1. The van der Waals surface area contributed by atoms with E-state index < -0.39 is 21.8 Å². The van der Waals surface area contributed by atoms with E-state index >= 15 is 0 Å². The first-order chi connectivity index (χ1) is 7.84. The number of rotatable bonds is 2. The lowest BCUT2D eigenvalue weighted by molar-refractivity contribution is -0.136. The van der Waals surface area contributed by atoms with Crippen LogP contribution in [-0.4, -0.2) is 28.9 Å². The molecule has 0 spiro atoms. The van der Waals surface area contributed by atoms with Crippen molar-refractivity contribution < 1.29 is 14.3 Å². The van der Waals surface area contributed by atoms with Gasteiger partial charge in [0, 0.05) is 5.57 Å². The van der Waals surface area contributed by atoms with Crippen LogP contribution < -0.4 is 0 Å². The van der Waals surface area contributed by atoms with Crippen LogP contribution in [0.2, 0.25) is 0 Å². The summed E-state index contributed by atoms with van der Waals surface area (Å²) in [5.74, 6) is -0.839. The molecule has 1 N–H and O–H groups in total. The fourth-order valence-corrected chi connectivity index (χ4v) is 1.63. The number of methoxy groups -OCH3 is 1. The first kappa shape index (κ1) is 14.6. The molecule has 0 amide bonds. The summed E-state index contributed by atoms with van der Waals surface area (Å²) in [5, 5.41) is 7.43. The molecule has 0 saturated heterocycles. The molecule has 0 fully saturated rings. The quantitative estimate of drug-likeness (QED) is 0.369. The Morgan fingerprint density at radius 2 is 2.18 bits per heavy atom. The van der Waals surface area contributed by atoms with Gasteiger partial charge in [0.1, 0.15) is 6.10 Å². The molecule has 4 nitrogen and oxygen atoms in total. The Kier molecular flexibility index (Phi) is 5.10. The second-order valence-electron chi connectivity index (χ2n) is 3.56. The van der Waals surface area contributed by atoms with Gasteiger partial charge in [-0.1, -0.05) is 34.8 Å². The van der Waals surface area contributed by atoms with E-state index in [2.05, 4.69) is 4.74 Å². The minimum atomic E-state index is -1.88. The Labute approximate surface area is 114 Å². The van der Waals surface area contributed by atoms with Crippen LogP contribution in [0.25, 0.3) is 0 Å². The van der Waals surface area contributed by atoms with Gasteiger partial charge in [0.15, 0.2) is 0 Å². The lowest BCUT2D eigenvalue weighted by Gasteiger charge is -2.23. The fraction of sp³-hybridized carbons (Fsp3) is 0.600. The molecule has 17 heavy (non-hydrogen) atoms. The van der Waals surface area contributed by atoms with Crippen molar-refractivity contribution in [2.45, 2.75) is 29.2 Å². The molecule has 0 aliphatic heterocycles. The van der Waals surface area contributed by atoms with Crippen LogP contribution in [-0.2, 0) is 14.3 Å². The first-order valence-corrected chi connectivity index (χ1v) is 6.09. The predicted molar refractivity (Wildman–Crippen MR) is 66.8 cm³/mol. The number of halogens is 3. The topological polar surface area (TPSA) is 59.4 Å². The summed E-state index contributed by atoms with van der Waals surface area (Å²) in [6, 6.07) is 0. The highest BCUT2D eigenvalue weighted by Gasteiger charge is 2.31. The number of hydrogen-bond donors (Lipinski definition) is 1. The van der Waals surface area contributed by atoms with Gasteiger partial charge in [-0.3, -0.25) is 5.41 Å². The van der Waals surface area contributed by atoms with Crippen molar-refractivity contribution in [2.75, 3.05) is 7.11 Å². The van der Waals surface area contributed by atoms with E-state index in [-0.39, 0.29) is 0 Å². The molecule has 1 rings (SSSR count). The third-order valence-electron chi connectivity index (χ3n) is 2.30. The van der Waals surface area contributed by atoms with Crippen LogP contribution in [0.5, 0.6) is 0 Å². The van der Waals surface area contributed by atoms with E-state index in [0.717, 1.165) is 6.42 Å². The smallest absolute Gasteiger partial charge is 0.333 e. The molecule has 1 aliphatic carbocycles. The van der Waals surface area contributed by atoms with Crippen molar-refractivity contribution in [1.82, 2.24) is 0 Å².